The molecule has 1 unspecified atom stereocenters. The van der Waals surface area contributed by atoms with Gasteiger partial charge in [0.05, 0.1) is 16.5 Å². The molecule has 1 N–H and O–H groups in total. The first kappa shape index (κ1) is 18.0. The van der Waals surface area contributed by atoms with Gasteiger partial charge < -0.3 is 10.0 Å². The highest BCUT2D eigenvalue weighted by molar-refractivity contribution is 6.30. The van der Waals surface area contributed by atoms with Gasteiger partial charge in [0.2, 0.25) is 5.82 Å². The van der Waals surface area contributed by atoms with Gasteiger partial charge in [-0.2, -0.15) is 8.78 Å². The van der Waals surface area contributed by atoms with Crippen molar-refractivity contribution >= 4 is 28.3 Å². The molecule has 27 heavy (non-hydrogen) atoms. The first-order valence-corrected chi connectivity index (χ1v) is 8.75. The van der Waals surface area contributed by atoms with Crippen LogP contribution in [-0.4, -0.2) is 48.5 Å². The summed E-state index contributed by atoms with van der Waals surface area (Å²) in [5.41, 5.74) is -0.233. The Bertz CT molecular complexity index is 1020. The average molecular weight is 395 g/mol. The second-order valence-corrected chi connectivity index (χ2v) is 7.44. The number of aliphatic hydroxyl groups is 1. The van der Waals surface area contributed by atoms with Gasteiger partial charge in [-0.1, -0.05) is 11.6 Å². The van der Waals surface area contributed by atoms with Crippen LogP contribution in [0.2, 0.25) is 5.15 Å². The van der Waals surface area contributed by atoms with Crippen LogP contribution in [0.3, 0.4) is 0 Å². The van der Waals surface area contributed by atoms with Crippen LogP contribution in [0.15, 0.2) is 24.5 Å². The van der Waals surface area contributed by atoms with E-state index in [4.69, 9.17) is 11.6 Å². The van der Waals surface area contributed by atoms with Crippen molar-refractivity contribution < 1.29 is 13.9 Å². The number of aromatic nitrogens is 5. The zero-order valence-electron chi connectivity index (χ0n) is 14.7. The van der Waals surface area contributed by atoms with Crippen molar-refractivity contribution in [1.29, 1.82) is 0 Å². The lowest BCUT2D eigenvalue weighted by Crippen LogP contribution is -2.29. The van der Waals surface area contributed by atoms with Crippen molar-refractivity contribution in [2.24, 2.45) is 0 Å². The molecule has 0 saturated carbocycles. The Morgan fingerprint density at radius 3 is 2.78 bits per heavy atom. The summed E-state index contributed by atoms with van der Waals surface area (Å²) in [6, 6.07) is 3.10. The van der Waals surface area contributed by atoms with Gasteiger partial charge in [0.25, 0.3) is 0 Å². The molecule has 4 rings (SSSR count). The third-order valence-electron chi connectivity index (χ3n) is 4.51. The van der Waals surface area contributed by atoms with E-state index in [2.05, 4.69) is 20.1 Å². The molecular formula is C17H17ClF2N6O. The Kier molecular flexibility index (Phi) is 4.04. The van der Waals surface area contributed by atoms with Crippen molar-refractivity contribution in [1.82, 2.24) is 24.7 Å². The summed E-state index contributed by atoms with van der Waals surface area (Å²) in [5.74, 6) is -2.97. The molecule has 0 amide bonds. The molecule has 1 aliphatic rings. The summed E-state index contributed by atoms with van der Waals surface area (Å²) < 4.78 is 28.7. The number of β-amino-alcohol motifs (C(OH)–C–C–N with tert-alkyl or cyclic N) is 1. The Morgan fingerprint density at radius 1 is 1.33 bits per heavy atom. The molecule has 1 aliphatic heterocycles. The van der Waals surface area contributed by atoms with Crippen molar-refractivity contribution in [3.05, 3.63) is 35.5 Å². The van der Waals surface area contributed by atoms with E-state index >= 15 is 0 Å². The smallest absolute Gasteiger partial charge is 0.303 e. The second-order valence-electron chi connectivity index (χ2n) is 7.05. The number of anilines is 1. The maximum absolute atomic E-state index is 13.6. The highest BCUT2D eigenvalue weighted by Gasteiger charge is 2.34. The quantitative estimate of drug-likeness (QED) is 0.688. The van der Waals surface area contributed by atoms with E-state index in [-0.39, 0.29) is 11.0 Å². The van der Waals surface area contributed by atoms with Crippen molar-refractivity contribution in [3.63, 3.8) is 0 Å². The summed E-state index contributed by atoms with van der Waals surface area (Å²) in [6.45, 7) is 3.53. The molecule has 0 radical (unpaired) electrons. The Hall–Kier alpha value is -2.39. The third-order valence-corrected chi connectivity index (χ3v) is 4.72. The minimum Gasteiger partial charge on any atom is -0.388 e. The van der Waals surface area contributed by atoms with Gasteiger partial charge in [0.15, 0.2) is 11.6 Å². The fourth-order valence-electron chi connectivity index (χ4n) is 3.18. The molecule has 0 aliphatic carbocycles. The normalized spacial score (nSPS) is 20.6. The fraction of sp³-hybridized carbons (Fsp3) is 0.412. The maximum atomic E-state index is 13.6. The molecule has 3 aromatic rings. The number of hydrogen-bond donors (Lipinski definition) is 1. The Labute approximate surface area is 158 Å². The van der Waals surface area contributed by atoms with Crippen LogP contribution in [0.1, 0.15) is 26.1 Å². The summed E-state index contributed by atoms with van der Waals surface area (Å²) in [7, 11) is 0. The molecule has 3 aromatic heterocycles. The summed E-state index contributed by atoms with van der Waals surface area (Å²) in [6.07, 6.45) is 3.45. The predicted octanol–water partition coefficient (Wildman–Crippen LogP) is 2.94. The van der Waals surface area contributed by atoms with Gasteiger partial charge in [-0.15, -0.1) is 5.10 Å². The summed E-state index contributed by atoms with van der Waals surface area (Å²) in [5, 5.41) is 15.8. The fourth-order valence-corrected chi connectivity index (χ4v) is 3.34. The van der Waals surface area contributed by atoms with E-state index in [1.807, 2.05) is 4.90 Å². The molecule has 4 heterocycles. The lowest BCUT2D eigenvalue weighted by Gasteiger charge is -2.18. The van der Waals surface area contributed by atoms with Gasteiger partial charge in [-0.3, -0.25) is 0 Å². The van der Waals surface area contributed by atoms with E-state index in [1.54, 1.807) is 19.2 Å². The van der Waals surface area contributed by atoms with E-state index in [1.165, 1.54) is 16.9 Å². The molecule has 0 bridgehead atoms. The van der Waals surface area contributed by atoms with E-state index in [0.717, 1.165) is 6.92 Å². The second kappa shape index (κ2) is 6.07. The van der Waals surface area contributed by atoms with Crippen LogP contribution in [0.5, 0.6) is 0 Å². The van der Waals surface area contributed by atoms with E-state index < -0.39 is 17.3 Å². The number of nitrogens with zero attached hydrogens (tertiary/aromatic N) is 6. The third kappa shape index (κ3) is 3.32. The van der Waals surface area contributed by atoms with Crippen molar-refractivity contribution in [2.45, 2.75) is 31.8 Å². The highest BCUT2D eigenvalue weighted by atomic mass is 35.5. The Morgan fingerprint density at radius 2 is 2.11 bits per heavy atom. The average Bonchev–Trinajstić information content (AvgIpc) is 3.14. The molecule has 10 heteroatoms. The number of pyridine rings is 1. The van der Waals surface area contributed by atoms with E-state index in [9.17, 15) is 13.9 Å². The topological polar surface area (TPSA) is 80.0 Å². The maximum Gasteiger partial charge on any atom is 0.303 e. The SMILES string of the molecule is CC1(O)CCN(c2nn(-c3ccnc(C(C)(F)F)n3)c3cc(Cl)ncc23)C1. The monoisotopic (exact) mass is 394 g/mol. The van der Waals surface area contributed by atoms with Gasteiger partial charge in [0, 0.05) is 44.5 Å². The highest BCUT2D eigenvalue weighted by Crippen LogP contribution is 2.33. The standard InChI is InChI=1S/C17H17ClF2N6O/c1-16(27)4-6-25(9-16)14-10-8-22-12(18)7-11(10)26(24-14)13-3-5-21-15(23-13)17(2,19)20/h3,5,7-8,27H,4,6,9H2,1-2H3. The number of fused-ring (bicyclic) bond motifs is 1. The lowest BCUT2D eigenvalue weighted by molar-refractivity contribution is 0.00763. The number of alkyl halides is 2. The van der Waals surface area contributed by atoms with Gasteiger partial charge in [-0.25, -0.2) is 19.6 Å². The van der Waals surface area contributed by atoms with Crippen LogP contribution in [0.25, 0.3) is 16.7 Å². The zero-order valence-corrected chi connectivity index (χ0v) is 15.5. The van der Waals surface area contributed by atoms with Gasteiger partial charge in [0.1, 0.15) is 5.15 Å². The first-order valence-electron chi connectivity index (χ1n) is 8.37. The minimum atomic E-state index is -3.17. The van der Waals surface area contributed by atoms with E-state index in [0.29, 0.717) is 36.2 Å². The zero-order chi connectivity index (χ0) is 19.4. The minimum absolute atomic E-state index is 0.200. The van der Waals surface area contributed by atoms with Crippen LogP contribution in [-0.2, 0) is 5.92 Å². The predicted molar refractivity (Wildman–Crippen MR) is 96.5 cm³/mol. The number of halogens is 3. The molecule has 0 spiro atoms. The van der Waals surface area contributed by atoms with Crippen LogP contribution < -0.4 is 4.90 Å². The van der Waals surface area contributed by atoms with Crippen LogP contribution in [0, 0.1) is 0 Å². The lowest BCUT2D eigenvalue weighted by atomic mass is 10.1. The van der Waals surface area contributed by atoms with Crippen LogP contribution in [0.4, 0.5) is 14.6 Å². The number of rotatable bonds is 3. The Balaban J connectivity index is 1.88. The molecule has 7 nitrogen and oxygen atoms in total. The van der Waals surface area contributed by atoms with Crippen molar-refractivity contribution in [2.75, 3.05) is 18.0 Å². The van der Waals surface area contributed by atoms with Crippen molar-refractivity contribution in [3.8, 4) is 5.82 Å². The molecular weight excluding hydrogens is 378 g/mol. The largest absolute Gasteiger partial charge is 0.388 e. The molecule has 142 valence electrons. The molecule has 0 aromatic carbocycles. The summed E-state index contributed by atoms with van der Waals surface area (Å²) >= 11 is 6.04. The first-order chi connectivity index (χ1) is 12.6. The molecule has 1 fully saturated rings. The number of hydrogen-bond acceptors (Lipinski definition) is 6. The van der Waals surface area contributed by atoms with Gasteiger partial charge in [-0.05, 0) is 13.3 Å². The van der Waals surface area contributed by atoms with Gasteiger partial charge >= 0.3 is 5.92 Å². The molecule has 1 saturated heterocycles. The summed E-state index contributed by atoms with van der Waals surface area (Å²) in [4.78, 5) is 13.7. The molecule has 1 atom stereocenters. The van der Waals surface area contributed by atoms with Crippen LogP contribution >= 0.6 is 11.6 Å².